The number of carbonyl (C=O) groups excluding carboxylic acids is 1. The van der Waals surface area contributed by atoms with Gasteiger partial charge >= 0.3 is 0 Å². The molecule has 0 saturated carbocycles. The van der Waals surface area contributed by atoms with Crippen molar-refractivity contribution in [3.05, 3.63) is 34.4 Å². The molecule has 29 heavy (non-hydrogen) atoms. The normalized spacial score (nSPS) is 21.3. The van der Waals surface area contributed by atoms with Gasteiger partial charge in [0.25, 0.3) is 0 Å². The number of nitrogens with zero attached hydrogens (tertiary/aromatic N) is 4. The topological polar surface area (TPSA) is 61.4 Å². The molecular formula is C21H28ClN5OS. The maximum atomic E-state index is 12.7. The Balaban J connectivity index is 1.26. The van der Waals surface area contributed by atoms with Crippen molar-refractivity contribution in [3.8, 4) is 0 Å². The fraction of sp³-hybridized carbons (Fsp3) is 0.571. The summed E-state index contributed by atoms with van der Waals surface area (Å²) in [6, 6.07) is 3.79. The van der Waals surface area contributed by atoms with Crippen LogP contribution in [0.2, 0.25) is 5.02 Å². The molecule has 0 spiro atoms. The van der Waals surface area contributed by atoms with Crippen molar-refractivity contribution in [3.63, 3.8) is 0 Å². The van der Waals surface area contributed by atoms with Gasteiger partial charge in [-0.25, -0.2) is 9.97 Å². The molecule has 1 amide bonds. The van der Waals surface area contributed by atoms with Crippen LogP contribution in [0, 0.1) is 11.8 Å². The third-order valence-electron chi connectivity index (χ3n) is 5.81. The molecule has 2 saturated heterocycles. The summed E-state index contributed by atoms with van der Waals surface area (Å²) in [5.74, 6) is 1.79. The van der Waals surface area contributed by atoms with Crippen molar-refractivity contribution in [1.29, 1.82) is 0 Å². The van der Waals surface area contributed by atoms with Gasteiger partial charge in [-0.2, -0.15) is 0 Å². The van der Waals surface area contributed by atoms with Crippen molar-refractivity contribution >= 4 is 39.8 Å². The van der Waals surface area contributed by atoms with E-state index in [1.165, 1.54) is 24.2 Å². The summed E-state index contributed by atoms with van der Waals surface area (Å²) in [6.45, 7) is 7.12. The van der Waals surface area contributed by atoms with Gasteiger partial charge in [-0.3, -0.25) is 9.69 Å². The van der Waals surface area contributed by atoms with E-state index < -0.39 is 0 Å². The Morgan fingerprint density at radius 1 is 1.28 bits per heavy atom. The maximum Gasteiger partial charge on any atom is 0.229 e. The molecule has 1 atom stereocenters. The molecule has 2 aromatic heterocycles. The lowest BCUT2D eigenvalue weighted by Crippen LogP contribution is -2.38. The summed E-state index contributed by atoms with van der Waals surface area (Å²) < 4.78 is 0. The van der Waals surface area contributed by atoms with E-state index in [1.807, 2.05) is 12.1 Å². The number of hydrogen-bond acceptors (Lipinski definition) is 6. The van der Waals surface area contributed by atoms with Crippen LogP contribution in [0.15, 0.2) is 23.7 Å². The minimum atomic E-state index is 0.0221. The van der Waals surface area contributed by atoms with Crippen LogP contribution in [0.4, 0.5) is 10.9 Å². The quantitative estimate of drug-likeness (QED) is 0.762. The molecule has 8 heteroatoms. The zero-order chi connectivity index (χ0) is 20.2. The Hall–Kier alpha value is -1.70. The largest absolute Gasteiger partial charge is 0.357 e. The number of rotatable bonds is 5. The molecular weight excluding hydrogens is 406 g/mol. The minimum Gasteiger partial charge on any atom is -0.357 e. The maximum absolute atomic E-state index is 12.7. The number of piperidine rings is 2. The van der Waals surface area contributed by atoms with Crippen LogP contribution < -0.4 is 10.2 Å². The SMILES string of the molecule is CC1CCCN(Cc2csc(NC(=O)C3CCN(c4ccc(Cl)cn4)CC3)n2)C1. The Kier molecular flexibility index (Phi) is 6.67. The molecule has 2 aliphatic heterocycles. The number of nitrogens with one attached hydrogen (secondary N) is 1. The number of thiazole rings is 1. The lowest BCUT2D eigenvalue weighted by atomic mass is 9.96. The highest BCUT2D eigenvalue weighted by Crippen LogP contribution is 2.25. The predicted molar refractivity (Wildman–Crippen MR) is 119 cm³/mol. The smallest absolute Gasteiger partial charge is 0.229 e. The molecule has 4 heterocycles. The lowest BCUT2D eigenvalue weighted by molar-refractivity contribution is -0.120. The van der Waals surface area contributed by atoms with Gasteiger partial charge in [0.2, 0.25) is 5.91 Å². The molecule has 6 nitrogen and oxygen atoms in total. The van der Waals surface area contributed by atoms with Gasteiger partial charge in [-0.15, -0.1) is 11.3 Å². The lowest BCUT2D eigenvalue weighted by Gasteiger charge is -2.32. The highest BCUT2D eigenvalue weighted by Gasteiger charge is 2.26. The van der Waals surface area contributed by atoms with E-state index >= 15 is 0 Å². The average molecular weight is 434 g/mol. The van der Waals surface area contributed by atoms with Gasteiger partial charge in [0, 0.05) is 43.7 Å². The van der Waals surface area contributed by atoms with Crippen LogP contribution in [-0.2, 0) is 11.3 Å². The van der Waals surface area contributed by atoms with Crippen molar-refractivity contribution in [2.24, 2.45) is 11.8 Å². The molecule has 2 fully saturated rings. The van der Waals surface area contributed by atoms with Gasteiger partial charge in [0.05, 0.1) is 10.7 Å². The van der Waals surface area contributed by atoms with Crippen molar-refractivity contribution in [2.45, 2.75) is 39.2 Å². The van der Waals surface area contributed by atoms with E-state index in [4.69, 9.17) is 11.6 Å². The number of aromatic nitrogens is 2. The fourth-order valence-electron chi connectivity index (χ4n) is 4.23. The highest BCUT2D eigenvalue weighted by atomic mass is 35.5. The third kappa shape index (κ3) is 5.47. The summed E-state index contributed by atoms with van der Waals surface area (Å²) in [7, 11) is 0. The van der Waals surface area contributed by atoms with Gasteiger partial charge in [-0.1, -0.05) is 18.5 Å². The van der Waals surface area contributed by atoms with Gasteiger partial charge in [-0.05, 0) is 50.3 Å². The molecule has 0 aliphatic carbocycles. The molecule has 4 rings (SSSR count). The first kappa shape index (κ1) is 20.6. The highest BCUT2D eigenvalue weighted by molar-refractivity contribution is 7.13. The Morgan fingerprint density at radius 2 is 2.10 bits per heavy atom. The summed E-state index contributed by atoms with van der Waals surface area (Å²) in [6.07, 6.45) is 5.89. The van der Waals surface area contributed by atoms with Crippen LogP contribution >= 0.6 is 22.9 Å². The van der Waals surface area contributed by atoms with Crippen LogP contribution in [-0.4, -0.2) is 47.0 Å². The van der Waals surface area contributed by atoms with E-state index in [2.05, 4.69) is 37.4 Å². The van der Waals surface area contributed by atoms with E-state index in [1.54, 1.807) is 6.20 Å². The molecule has 156 valence electrons. The van der Waals surface area contributed by atoms with E-state index in [0.717, 1.165) is 68.1 Å². The Labute approximate surface area is 181 Å². The first-order chi connectivity index (χ1) is 14.1. The second-order valence-electron chi connectivity index (χ2n) is 8.21. The molecule has 2 aromatic rings. The monoisotopic (exact) mass is 433 g/mol. The van der Waals surface area contributed by atoms with E-state index in [9.17, 15) is 4.79 Å². The van der Waals surface area contributed by atoms with Crippen LogP contribution in [0.3, 0.4) is 0 Å². The van der Waals surface area contributed by atoms with Gasteiger partial charge in [0.15, 0.2) is 5.13 Å². The molecule has 1 unspecified atom stereocenters. The van der Waals surface area contributed by atoms with E-state index in [0.29, 0.717) is 5.02 Å². The zero-order valence-corrected chi connectivity index (χ0v) is 18.4. The molecule has 0 radical (unpaired) electrons. The average Bonchev–Trinajstić information content (AvgIpc) is 3.15. The summed E-state index contributed by atoms with van der Waals surface area (Å²) >= 11 is 7.44. The first-order valence-corrected chi connectivity index (χ1v) is 11.7. The first-order valence-electron chi connectivity index (χ1n) is 10.4. The van der Waals surface area contributed by atoms with E-state index in [-0.39, 0.29) is 11.8 Å². The second kappa shape index (κ2) is 9.41. The number of amides is 1. The predicted octanol–water partition coefficient (Wildman–Crippen LogP) is 4.28. The zero-order valence-electron chi connectivity index (χ0n) is 16.8. The molecule has 1 N–H and O–H groups in total. The second-order valence-corrected chi connectivity index (χ2v) is 9.51. The number of carbonyl (C=O) groups is 1. The third-order valence-corrected chi connectivity index (χ3v) is 6.84. The standard InChI is InChI=1S/C21H28ClN5OS/c1-15-3-2-8-26(12-15)13-18-14-29-21(24-18)25-20(28)16-6-9-27(10-7-16)19-5-4-17(22)11-23-19/h4-5,11,14-16H,2-3,6-10,12-13H2,1H3,(H,24,25,28). The van der Waals surface area contributed by atoms with Crippen LogP contribution in [0.5, 0.6) is 0 Å². The summed E-state index contributed by atoms with van der Waals surface area (Å²) in [5, 5.41) is 6.47. The number of halogens is 1. The molecule has 0 aromatic carbocycles. The summed E-state index contributed by atoms with van der Waals surface area (Å²) in [5.41, 5.74) is 1.06. The van der Waals surface area contributed by atoms with Gasteiger partial charge in [0.1, 0.15) is 5.82 Å². The van der Waals surface area contributed by atoms with Crippen molar-refractivity contribution in [2.75, 3.05) is 36.4 Å². The minimum absolute atomic E-state index is 0.0221. The molecule has 2 aliphatic rings. The number of anilines is 2. The van der Waals surface area contributed by atoms with Gasteiger partial charge < -0.3 is 10.2 Å². The Bertz CT molecular complexity index is 819. The van der Waals surface area contributed by atoms with Crippen molar-refractivity contribution in [1.82, 2.24) is 14.9 Å². The fourth-order valence-corrected chi connectivity index (χ4v) is 5.05. The molecule has 0 bridgehead atoms. The summed E-state index contributed by atoms with van der Waals surface area (Å²) in [4.78, 5) is 26.4. The van der Waals surface area contributed by atoms with Crippen LogP contribution in [0.25, 0.3) is 0 Å². The number of pyridine rings is 1. The number of likely N-dealkylation sites (tertiary alicyclic amines) is 1. The van der Waals surface area contributed by atoms with Crippen LogP contribution in [0.1, 0.15) is 38.3 Å². The Morgan fingerprint density at radius 3 is 2.83 bits per heavy atom. The number of hydrogen-bond donors (Lipinski definition) is 1. The van der Waals surface area contributed by atoms with Crippen molar-refractivity contribution < 1.29 is 4.79 Å².